The molecule has 1 aromatic rings. The first kappa shape index (κ1) is 16.5. The van der Waals surface area contributed by atoms with Crippen molar-refractivity contribution in [2.45, 2.75) is 12.2 Å². The van der Waals surface area contributed by atoms with Gasteiger partial charge in [0.2, 0.25) is 0 Å². The lowest BCUT2D eigenvalue weighted by Crippen LogP contribution is -2.29. The Morgan fingerprint density at radius 3 is 2.38 bits per heavy atom. The van der Waals surface area contributed by atoms with Gasteiger partial charge in [-0.25, -0.2) is 14.0 Å². The molecule has 0 saturated carbocycles. The van der Waals surface area contributed by atoms with E-state index in [1.165, 1.54) is 0 Å². The Morgan fingerprint density at radius 1 is 1.38 bits per heavy atom. The molecule has 2 unspecified atom stereocenters. The first-order valence-electron chi connectivity index (χ1n) is 5.35. The topological polar surface area (TPSA) is 147 Å². The average Bonchev–Trinajstić information content (AvgIpc) is 2.43. The number of carboxylic acids is 1. The molecule has 1 aromatic carbocycles. The molecule has 0 aromatic heterocycles. The number of benzene rings is 1. The van der Waals surface area contributed by atoms with Crippen LogP contribution in [0.3, 0.4) is 0 Å². The highest BCUT2D eigenvalue weighted by atomic mass is 19.1. The van der Waals surface area contributed by atoms with E-state index in [-0.39, 0.29) is 0 Å². The molecule has 10 heteroatoms. The van der Waals surface area contributed by atoms with Crippen LogP contribution in [0.2, 0.25) is 0 Å². The molecule has 0 aliphatic carbocycles. The molecule has 2 atom stereocenters. The first-order valence-corrected chi connectivity index (χ1v) is 5.35. The largest absolute Gasteiger partial charge is 0.477 e. The highest BCUT2D eigenvalue weighted by molar-refractivity contribution is 5.92. The van der Waals surface area contributed by atoms with Crippen LogP contribution in [0, 0.1) is 15.9 Å². The molecule has 9 nitrogen and oxygen atoms in total. The van der Waals surface area contributed by atoms with E-state index in [2.05, 4.69) is 4.74 Å². The molecule has 0 amide bonds. The zero-order valence-corrected chi connectivity index (χ0v) is 10.5. The van der Waals surface area contributed by atoms with Gasteiger partial charge >= 0.3 is 11.9 Å². The molecule has 114 valence electrons. The van der Waals surface area contributed by atoms with Gasteiger partial charge in [-0.15, -0.1) is 0 Å². The number of carboxylic acid groups (broad SMARTS) is 1. The second kappa shape index (κ2) is 6.24. The van der Waals surface area contributed by atoms with Crippen LogP contribution in [0.5, 0.6) is 0 Å². The van der Waals surface area contributed by atoms with Crippen molar-refractivity contribution in [2.24, 2.45) is 0 Å². The number of ether oxygens (including phenoxy) is 1. The monoisotopic (exact) mass is 303 g/mol. The minimum absolute atomic E-state index is 0.322. The second-order valence-corrected chi connectivity index (χ2v) is 3.87. The van der Waals surface area contributed by atoms with E-state index in [0.717, 1.165) is 7.11 Å². The van der Waals surface area contributed by atoms with Crippen LogP contribution in [-0.4, -0.2) is 45.4 Å². The summed E-state index contributed by atoms with van der Waals surface area (Å²) >= 11 is 0. The van der Waals surface area contributed by atoms with E-state index in [9.17, 15) is 34.3 Å². The third-order valence-corrected chi connectivity index (χ3v) is 2.60. The van der Waals surface area contributed by atoms with Gasteiger partial charge in [-0.1, -0.05) is 0 Å². The van der Waals surface area contributed by atoms with E-state index < -0.39 is 51.7 Å². The molecule has 0 spiro atoms. The summed E-state index contributed by atoms with van der Waals surface area (Å²) in [5.74, 6) is -4.35. The van der Waals surface area contributed by atoms with Gasteiger partial charge in [-0.05, 0) is 6.07 Å². The molecule has 21 heavy (non-hydrogen) atoms. The van der Waals surface area contributed by atoms with Gasteiger partial charge in [0.15, 0.2) is 6.10 Å². The average molecular weight is 303 g/mol. The number of nitrogens with zero attached hydrogens (tertiary/aromatic N) is 1. The summed E-state index contributed by atoms with van der Waals surface area (Å²) in [6, 6.07) is 0.763. The number of carbonyl (C=O) groups is 2. The Morgan fingerprint density at radius 2 is 1.95 bits per heavy atom. The number of methoxy groups -OCH3 is 1. The number of aliphatic hydroxyl groups is 2. The number of rotatable bonds is 5. The number of hydrogen-bond acceptors (Lipinski definition) is 7. The molecule has 0 bridgehead atoms. The summed E-state index contributed by atoms with van der Waals surface area (Å²) in [7, 11) is 0.907. The summed E-state index contributed by atoms with van der Waals surface area (Å²) in [6.45, 7) is 0. The van der Waals surface area contributed by atoms with Crippen LogP contribution in [-0.2, 0) is 9.53 Å². The predicted molar refractivity (Wildman–Crippen MR) is 63.0 cm³/mol. The Labute approximate surface area is 116 Å². The highest BCUT2D eigenvalue weighted by Gasteiger charge is 2.32. The highest BCUT2D eigenvalue weighted by Crippen LogP contribution is 2.28. The molecule has 1 rings (SSSR count). The van der Waals surface area contributed by atoms with Gasteiger partial charge in [0.25, 0.3) is 5.69 Å². The molecule has 0 aliphatic rings. The van der Waals surface area contributed by atoms with Crippen molar-refractivity contribution in [3.63, 3.8) is 0 Å². The van der Waals surface area contributed by atoms with Crippen molar-refractivity contribution >= 4 is 17.6 Å². The summed E-state index contributed by atoms with van der Waals surface area (Å²) < 4.78 is 17.9. The van der Waals surface area contributed by atoms with Gasteiger partial charge in [0, 0.05) is 11.6 Å². The molecular formula is C11H10FNO8. The summed E-state index contributed by atoms with van der Waals surface area (Å²) in [5.41, 5.74) is -2.72. The Hall–Kier alpha value is -2.59. The third kappa shape index (κ3) is 3.30. The van der Waals surface area contributed by atoms with E-state index in [1.807, 2.05) is 0 Å². The number of nitro groups is 1. The quantitative estimate of drug-likeness (QED) is 0.391. The number of esters is 1. The van der Waals surface area contributed by atoms with E-state index in [0.29, 0.717) is 12.1 Å². The molecule has 0 aliphatic heterocycles. The fraction of sp³-hybridized carbons (Fsp3) is 0.273. The fourth-order valence-corrected chi connectivity index (χ4v) is 1.55. The van der Waals surface area contributed by atoms with Gasteiger partial charge < -0.3 is 20.1 Å². The number of aromatic carboxylic acids is 1. The maximum absolute atomic E-state index is 13.7. The number of aliphatic hydroxyl groups excluding tert-OH is 2. The Balaban J connectivity index is 3.38. The number of halogens is 1. The lowest BCUT2D eigenvalue weighted by atomic mass is 10.0. The van der Waals surface area contributed by atoms with Crippen LogP contribution in [0.15, 0.2) is 12.1 Å². The van der Waals surface area contributed by atoms with Gasteiger partial charge in [-0.3, -0.25) is 10.1 Å². The number of hydrogen-bond donors (Lipinski definition) is 3. The summed E-state index contributed by atoms with van der Waals surface area (Å²) in [4.78, 5) is 31.5. The standard InChI is InChI=1S/C11H10FNO8/c1-21-11(18)9(15)8(14)4-3-7(13(19)20)5(10(16)17)2-6(4)12/h2-3,8-9,14-15H,1H3,(H,16,17). The lowest BCUT2D eigenvalue weighted by Gasteiger charge is -2.16. The van der Waals surface area contributed by atoms with Crippen LogP contribution in [0.25, 0.3) is 0 Å². The van der Waals surface area contributed by atoms with E-state index in [4.69, 9.17) is 5.11 Å². The van der Waals surface area contributed by atoms with Crippen LogP contribution in [0.1, 0.15) is 22.0 Å². The fourth-order valence-electron chi connectivity index (χ4n) is 1.55. The van der Waals surface area contributed by atoms with Crippen molar-refractivity contribution in [3.05, 3.63) is 39.2 Å². The van der Waals surface area contributed by atoms with Crippen molar-refractivity contribution in [1.82, 2.24) is 0 Å². The number of nitro benzene ring substituents is 1. The van der Waals surface area contributed by atoms with Gasteiger partial charge in [0.1, 0.15) is 17.5 Å². The smallest absolute Gasteiger partial charge is 0.342 e. The maximum atomic E-state index is 13.7. The molecule has 0 heterocycles. The van der Waals surface area contributed by atoms with Crippen LogP contribution in [0.4, 0.5) is 10.1 Å². The minimum atomic E-state index is -2.18. The van der Waals surface area contributed by atoms with Crippen molar-refractivity contribution in [3.8, 4) is 0 Å². The maximum Gasteiger partial charge on any atom is 0.342 e. The molecule has 3 N–H and O–H groups in total. The Bertz CT molecular complexity index is 602. The first-order chi connectivity index (χ1) is 9.70. The zero-order valence-electron chi connectivity index (χ0n) is 10.5. The summed E-state index contributed by atoms with van der Waals surface area (Å²) in [6.07, 6.45) is -4.33. The van der Waals surface area contributed by atoms with Crippen molar-refractivity contribution in [2.75, 3.05) is 7.11 Å². The van der Waals surface area contributed by atoms with Crippen molar-refractivity contribution in [1.29, 1.82) is 0 Å². The molecule has 0 radical (unpaired) electrons. The summed E-state index contributed by atoms with van der Waals surface area (Å²) in [5, 5.41) is 38.5. The zero-order chi connectivity index (χ0) is 16.3. The SMILES string of the molecule is COC(=O)C(O)C(O)c1cc([N+](=O)[O-])c(C(=O)O)cc1F. The molecule has 0 saturated heterocycles. The van der Waals surface area contributed by atoms with Gasteiger partial charge in [0.05, 0.1) is 12.0 Å². The van der Waals surface area contributed by atoms with E-state index >= 15 is 0 Å². The number of carbonyl (C=O) groups excluding carboxylic acids is 1. The van der Waals surface area contributed by atoms with Crippen LogP contribution < -0.4 is 0 Å². The molecular weight excluding hydrogens is 293 g/mol. The minimum Gasteiger partial charge on any atom is -0.477 e. The van der Waals surface area contributed by atoms with Crippen molar-refractivity contribution < 1.29 is 39.0 Å². The Kier molecular flexibility index (Phi) is 4.89. The predicted octanol–water partition coefficient (Wildman–Crippen LogP) is -0.000600. The van der Waals surface area contributed by atoms with Crippen LogP contribution >= 0.6 is 0 Å². The lowest BCUT2D eigenvalue weighted by molar-refractivity contribution is -0.385. The van der Waals surface area contributed by atoms with E-state index in [1.54, 1.807) is 0 Å². The molecule has 0 fully saturated rings. The van der Waals surface area contributed by atoms with Gasteiger partial charge in [-0.2, -0.15) is 0 Å². The normalized spacial score (nSPS) is 13.3. The second-order valence-electron chi connectivity index (χ2n) is 3.87. The third-order valence-electron chi connectivity index (χ3n) is 2.60.